The minimum Gasteiger partial charge on any atom is -0.293 e. The summed E-state index contributed by atoms with van der Waals surface area (Å²) in [5, 5.41) is 1.14. The van der Waals surface area contributed by atoms with Gasteiger partial charge in [-0.25, -0.2) is 4.98 Å². The van der Waals surface area contributed by atoms with E-state index in [1.165, 1.54) is 11.8 Å². The van der Waals surface area contributed by atoms with Crippen molar-refractivity contribution < 1.29 is 4.79 Å². The third kappa shape index (κ3) is 3.44. The number of carbonyl (C=O) groups excluding carboxylic acids is 1. The first kappa shape index (κ1) is 16.9. The van der Waals surface area contributed by atoms with Gasteiger partial charge in [-0.1, -0.05) is 58.0 Å². The molecule has 0 amide bonds. The molecular formula is C18H15BrN2O2S. The third-order valence-corrected chi connectivity index (χ3v) is 5.10. The second-order valence-corrected chi connectivity index (χ2v) is 7.04. The summed E-state index contributed by atoms with van der Waals surface area (Å²) in [5.41, 5.74) is 1.22. The van der Waals surface area contributed by atoms with E-state index >= 15 is 0 Å². The van der Waals surface area contributed by atoms with Gasteiger partial charge in [-0.15, -0.1) is 0 Å². The molecule has 0 aliphatic rings. The summed E-state index contributed by atoms with van der Waals surface area (Å²) in [6, 6.07) is 14.6. The maximum absolute atomic E-state index is 12.7. The Morgan fingerprint density at radius 2 is 1.96 bits per heavy atom. The van der Waals surface area contributed by atoms with Crippen molar-refractivity contribution >= 4 is 44.4 Å². The molecule has 0 aliphatic heterocycles. The zero-order chi connectivity index (χ0) is 17.1. The van der Waals surface area contributed by atoms with Crippen LogP contribution in [-0.2, 0) is 6.54 Å². The average Bonchev–Trinajstić information content (AvgIpc) is 2.61. The van der Waals surface area contributed by atoms with Crippen molar-refractivity contribution in [1.82, 2.24) is 9.55 Å². The van der Waals surface area contributed by atoms with E-state index < -0.39 is 0 Å². The molecule has 2 aromatic carbocycles. The number of nitrogens with zero attached hydrogens (tertiary/aromatic N) is 2. The van der Waals surface area contributed by atoms with Crippen molar-refractivity contribution in [3.05, 3.63) is 68.9 Å². The van der Waals surface area contributed by atoms with Crippen LogP contribution in [0.3, 0.4) is 0 Å². The van der Waals surface area contributed by atoms with Crippen LogP contribution in [0.15, 0.2) is 63.0 Å². The lowest BCUT2D eigenvalue weighted by atomic mass is 10.2. The molecule has 0 spiro atoms. The predicted octanol–water partition coefficient (Wildman–Crippen LogP) is 4.15. The summed E-state index contributed by atoms with van der Waals surface area (Å²) in [7, 11) is 0. The van der Waals surface area contributed by atoms with Gasteiger partial charge in [-0.2, -0.15) is 0 Å². The second-order valence-electron chi connectivity index (χ2n) is 5.18. The van der Waals surface area contributed by atoms with Gasteiger partial charge in [-0.05, 0) is 25.1 Å². The molecule has 1 aromatic heterocycles. The first-order valence-corrected chi connectivity index (χ1v) is 9.29. The number of fused-ring (bicyclic) bond motifs is 1. The summed E-state index contributed by atoms with van der Waals surface area (Å²) in [6.45, 7) is 2.41. The lowest BCUT2D eigenvalue weighted by Gasteiger charge is -2.11. The number of aromatic nitrogens is 2. The standard InChI is InChI=1S/C18H15BrN2O2S/c1-2-21-17(23)14-10-13(19)8-9-15(14)20-18(21)24-11-16(22)12-6-4-3-5-7-12/h3-10H,2,11H2,1H3. The van der Waals surface area contributed by atoms with E-state index in [0.717, 1.165) is 4.47 Å². The molecule has 0 saturated heterocycles. The molecule has 0 aliphatic carbocycles. The lowest BCUT2D eigenvalue weighted by Crippen LogP contribution is -2.23. The zero-order valence-electron chi connectivity index (χ0n) is 13.0. The summed E-state index contributed by atoms with van der Waals surface area (Å²) in [5.74, 6) is 0.270. The Hall–Kier alpha value is -1.92. The van der Waals surface area contributed by atoms with E-state index in [9.17, 15) is 9.59 Å². The van der Waals surface area contributed by atoms with Crippen LogP contribution in [0.2, 0.25) is 0 Å². The quantitative estimate of drug-likeness (QED) is 0.365. The first-order chi connectivity index (χ1) is 11.6. The molecule has 3 rings (SSSR count). The Morgan fingerprint density at radius 1 is 1.21 bits per heavy atom. The summed E-state index contributed by atoms with van der Waals surface area (Å²) < 4.78 is 2.45. The molecule has 0 saturated carbocycles. The van der Waals surface area contributed by atoms with Crippen molar-refractivity contribution in [2.24, 2.45) is 0 Å². The van der Waals surface area contributed by atoms with Crippen LogP contribution in [0, 0.1) is 0 Å². The van der Waals surface area contributed by atoms with Crippen molar-refractivity contribution in [3.63, 3.8) is 0 Å². The second kappa shape index (κ2) is 7.32. The number of carbonyl (C=O) groups is 1. The fourth-order valence-electron chi connectivity index (χ4n) is 2.40. The van der Waals surface area contributed by atoms with Crippen molar-refractivity contribution in [2.75, 3.05) is 5.75 Å². The largest absolute Gasteiger partial charge is 0.293 e. The topological polar surface area (TPSA) is 52.0 Å². The highest BCUT2D eigenvalue weighted by molar-refractivity contribution is 9.10. The van der Waals surface area contributed by atoms with Crippen LogP contribution in [-0.4, -0.2) is 21.1 Å². The highest BCUT2D eigenvalue weighted by Gasteiger charge is 2.13. The van der Waals surface area contributed by atoms with E-state index in [2.05, 4.69) is 20.9 Å². The Bertz CT molecular complexity index is 954. The smallest absolute Gasteiger partial charge is 0.262 e. The molecule has 0 N–H and O–H groups in total. The van der Waals surface area contributed by atoms with E-state index in [1.807, 2.05) is 37.3 Å². The van der Waals surface area contributed by atoms with Gasteiger partial charge in [0.05, 0.1) is 16.7 Å². The maximum Gasteiger partial charge on any atom is 0.262 e. The molecule has 0 bridgehead atoms. The number of benzene rings is 2. The highest BCUT2D eigenvalue weighted by atomic mass is 79.9. The van der Waals surface area contributed by atoms with Crippen molar-refractivity contribution in [1.29, 1.82) is 0 Å². The monoisotopic (exact) mass is 402 g/mol. The Balaban J connectivity index is 1.93. The van der Waals surface area contributed by atoms with Crippen LogP contribution in [0.1, 0.15) is 17.3 Å². The number of rotatable bonds is 5. The maximum atomic E-state index is 12.7. The Kier molecular flexibility index (Phi) is 5.16. The molecule has 24 heavy (non-hydrogen) atoms. The normalized spacial score (nSPS) is 10.9. The van der Waals surface area contributed by atoms with E-state index in [0.29, 0.717) is 28.2 Å². The van der Waals surface area contributed by atoms with Gasteiger partial charge in [0, 0.05) is 16.6 Å². The van der Waals surface area contributed by atoms with Crippen LogP contribution in [0.5, 0.6) is 0 Å². The molecule has 0 atom stereocenters. The van der Waals surface area contributed by atoms with Gasteiger partial charge < -0.3 is 0 Å². The summed E-state index contributed by atoms with van der Waals surface area (Å²) >= 11 is 4.68. The average molecular weight is 403 g/mol. The predicted molar refractivity (Wildman–Crippen MR) is 101 cm³/mol. The van der Waals surface area contributed by atoms with Gasteiger partial charge >= 0.3 is 0 Å². The third-order valence-electron chi connectivity index (χ3n) is 3.63. The molecule has 4 nitrogen and oxygen atoms in total. The van der Waals surface area contributed by atoms with Gasteiger partial charge in [0.25, 0.3) is 5.56 Å². The first-order valence-electron chi connectivity index (χ1n) is 7.51. The SMILES string of the molecule is CCn1c(SCC(=O)c2ccccc2)nc2ccc(Br)cc2c1=O. The summed E-state index contributed by atoms with van der Waals surface area (Å²) in [4.78, 5) is 29.5. The lowest BCUT2D eigenvalue weighted by molar-refractivity contribution is 0.102. The molecule has 6 heteroatoms. The van der Waals surface area contributed by atoms with Gasteiger partial charge in [0.15, 0.2) is 10.9 Å². The van der Waals surface area contributed by atoms with E-state index in [1.54, 1.807) is 22.8 Å². The molecule has 0 unspecified atom stereocenters. The minimum absolute atomic E-state index is 0.0217. The minimum atomic E-state index is -0.0848. The van der Waals surface area contributed by atoms with E-state index in [-0.39, 0.29) is 17.1 Å². The Labute approximate surface area is 152 Å². The fourth-order valence-corrected chi connectivity index (χ4v) is 3.72. The number of Topliss-reactive ketones (excluding diaryl/α,β-unsaturated/α-hetero) is 1. The highest BCUT2D eigenvalue weighted by Crippen LogP contribution is 2.21. The molecule has 122 valence electrons. The Morgan fingerprint density at radius 3 is 2.67 bits per heavy atom. The molecule has 3 aromatic rings. The molecule has 0 radical (unpaired) electrons. The van der Waals surface area contributed by atoms with Crippen molar-refractivity contribution in [2.45, 2.75) is 18.6 Å². The number of hydrogen-bond acceptors (Lipinski definition) is 4. The van der Waals surface area contributed by atoms with Crippen LogP contribution in [0.25, 0.3) is 10.9 Å². The number of hydrogen-bond donors (Lipinski definition) is 0. The molecule has 1 heterocycles. The van der Waals surface area contributed by atoms with E-state index in [4.69, 9.17) is 0 Å². The number of halogens is 1. The molecular weight excluding hydrogens is 388 g/mol. The zero-order valence-corrected chi connectivity index (χ0v) is 15.4. The summed E-state index contributed by atoms with van der Waals surface area (Å²) in [6.07, 6.45) is 0. The van der Waals surface area contributed by atoms with Gasteiger partial charge in [0.2, 0.25) is 0 Å². The number of ketones is 1. The van der Waals surface area contributed by atoms with Crippen LogP contribution in [0.4, 0.5) is 0 Å². The van der Waals surface area contributed by atoms with Crippen molar-refractivity contribution in [3.8, 4) is 0 Å². The number of thioether (sulfide) groups is 1. The fraction of sp³-hybridized carbons (Fsp3) is 0.167. The van der Waals surface area contributed by atoms with Crippen LogP contribution < -0.4 is 5.56 Å². The molecule has 0 fully saturated rings. The van der Waals surface area contributed by atoms with Gasteiger partial charge in [-0.3, -0.25) is 14.2 Å². The van der Waals surface area contributed by atoms with Gasteiger partial charge in [0.1, 0.15) is 0 Å². The van der Waals surface area contributed by atoms with Crippen LogP contribution >= 0.6 is 27.7 Å².